The van der Waals surface area contributed by atoms with Gasteiger partial charge < -0.3 is 4.98 Å². The maximum absolute atomic E-state index is 12.7. The fourth-order valence-corrected chi connectivity index (χ4v) is 4.37. The zero-order chi connectivity index (χ0) is 18.6. The highest BCUT2D eigenvalue weighted by Crippen LogP contribution is 2.44. The Bertz CT molecular complexity index is 1110. The third-order valence-corrected chi connectivity index (χ3v) is 5.80. The highest BCUT2D eigenvalue weighted by atomic mass is 127. The van der Waals surface area contributed by atoms with Crippen molar-refractivity contribution in [3.05, 3.63) is 74.5 Å². The fourth-order valence-electron chi connectivity index (χ4n) is 3.56. The monoisotopic (exact) mass is 455 g/mol. The fraction of sp³-hybridized carbons (Fsp3) is 0.182. The van der Waals surface area contributed by atoms with Crippen LogP contribution in [0, 0.1) is 0 Å². The molecule has 0 amide bonds. The van der Waals surface area contributed by atoms with Crippen molar-refractivity contribution in [3.8, 4) is 0 Å². The summed E-state index contributed by atoms with van der Waals surface area (Å²) in [4.78, 5) is 28.7. The molecule has 0 unspecified atom stereocenters. The zero-order valence-corrected chi connectivity index (χ0v) is 17.0. The Morgan fingerprint density at radius 1 is 0.846 bits per heavy atom. The number of hydrogen-bond acceptors (Lipinski definition) is 2. The van der Waals surface area contributed by atoms with Gasteiger partial charge in [-0.2, -0.15) is 0 Å². The van der Waals surface area contributed by atoms with E-state index in [0.717, 1.165) is 33.3 Å². The van der Waals surface area contributed by atoms with Crippen LogP contribution >= 0.6 is 22.6 Å². The Kier molecular flexibility index (Phi) is 3.91. The lowest BCUT2D eigenvalue weighted by Crippen LogP contribution is -2.23. The Morgan fingerprint density at radius 2 is 1.46 bits per heavy atom. The van der Waals surface area contributed by atoms with Gasteiger partial charge in [-0.1, -0.05) is 63.2 Å². The van der Waals surface area contributed by atoms with E-state index in [2.05, 4.69) is 31.8 Å². The van der Waals surface area contributed by atoms with Gasteiger partial charge in [0.2, 0.25) is 11.6 Å². The molecule has 26 heavy (non-hydrogen) atoms. The van der Waals surface area contributed by atoms with Crippen LogP contribution in [0.4, 0.5) is 0 Å². The van der Waals surface area contributed by atoms with Gasteiger partial charge in [0.1, 0.15) is 0 Å². The smallest absolute Gasteiger partial charge is 0.240 e. The molecule has 4 heteroatoms. The molecular formula is C22H18INO2. The number of nitrogens with one attached hydrogen (secondary N) is 1. The van der Waals surface area contributed by atoms with Crippen LogP contribution in [0.2, 0.25) is 0 Å². The van der Waals surface area contributed by atoms with Crippen LogP contribution < -0.4 is 0 Å². The van der Waals surface area contributed by atoms with Crippen molar-refractivity contribution >= 4 is 50.6 Å². The molecule has 1 aliphatic rings. The lowest BCUT2D eigenvalue weighted by Gasteiger charge is -2.24. The molecule has 3 aromatic rings. The molecule has 130 valence electrons. The number of halogens is 1. The zero-order valence-electron chi connectivity index (χ0n) is 14.8. The number of aromatic amines is 1. The van der Waals surface area contributed by atoms with E-state index in [0.29, 0.717) is 9.14 Å². The van der Waals surface area contributed by atoms with E-state index in [1.165, 1.54) is 0 Å². The molecular weight excluding hydrogens is 437 g/mol. The minimum absolute atomic E-state index is 0.141. The van der Waals surface area contributed by atoms with Crippen LogP contribution in [0.25, 0.3) is 16.5 Å². The number of para-hydroxylation sites is 1. The number of ketones is 2. The third-order valence-electron chi connectivity index (χ3n) is 4.77. The summed E-state index contributed by atoms with van der Waals surface area (Å²) >= 11 is 2.03. The van der Waals surface area contributed by atoms with Crippen molar-refractivity contribution < 1.29 is 9.59 Å². The number of hydrogen-bond donors (Lipinski definition) is 1. The molecule has 1 aliphatic carbocycles. The maximum atomic E-state index is 12.7. The number of Topliss-reactive ketones (excluding diaryl/α,β-unsaturated/α-hetero) is 2. The Hall–Kier alpha value is -2.21. The highest BCUT2D eigenvalue weighted by Gasteiger charge is 2.35. The number of carbonyl (C=O) groups excluding carboxylic acids is 2. The molecule has 3 nitrogen and oxygen atoms in total. The number of carbonyl (C=O) groups is 2. The second-order valence-corrected chi connectivity index (χ2v) is 8.64. The molecule has 0 saturated heterocycles. The van der Waals surface area contributed by atoms with Crippen LogP contribution in [-0.2, 0) is 10.2 Å². The summed E-state index contributed by atoms with van der Waals surface area (Å²) in [6.07, 6.45) is 0. The molecule has 0 fully saturated rings. The highest BCUT2D eigenvalue weighted by molar-refractivity contribution is 14.1. The average molecular weight is 455 g/mol. The molecule has 2 aromatic carbocycles. The molecule has 0 aliphatic heterocycles. The van der Waals surface area contributed by atoms with Crippen molar-refractivity contribution in [3.63, 3.8) is 0 Å². The van der Waals surface area contributed by atoms with Gasteiger partial charge in [-0.3, -0.25) is 9.59 Å². The summed E-state index contributed by atoms with van der Waals surface area (Å²) in [7, 11) is 0. The summed E-state index contributed by atoms with van der Waals surface area (Å²) in [6.45, 7) is 6.45. The molecule has 0 spiro atoms. The molecule has 0 bridgehead atoms. The number of allylic oxidation sites excluding steroid dienone is 1. The summed E-state index contributed by atoms with van der Waals surface area (Å²) in [6, 6.07) is 15.5. The van der Waals surface area contributed by atoms with E-state index >= 15 is 0 Å². The van der Waals surface area contributed by atoms with Gasteiger partial charge in [-0.15, -0.1) is 0 Å². The SMILES string of the molecule is CC(C)(C)c1[nH]c2ccccc2c1C1=C(I)C(=O)C(=O)c2ccccc21. The number of rotatable bonds is 1. The summed E-state index contributed by atoms with van der Waals surface area (Å²) in [5.74, 6) is -0.852. The van der Waals surface area contributed by atoms with Gasteiger partial charge in [0.15, 0.2) is 0 Å². The Morgan fingerprint density at radius 3 is 2.15 bits per heavy atom. The van der Waals surface area contributed by atoms with Gasteiger partial charge in [0.05, 0.1) is 3.58 Å². The quantitative estimate of drug-likeness (QED) is 0.393. The van der Waals surface area contributed by atoms with Crippen LogP contribution in [0.5, 0.6) is 0 Å². The van der Waals surface area contributed by atoms with Crippen LogP contribution in [0.3, 0.4) is 0 Å². The Balaban J connectivity index is 2.16. The van der Waals surface area contributed by atoms with Crippen molar-refractivity contribution in [1.82, 2.24) is 4.98 Å². The molecule has 1 heterocycles. The first kappa shape index (κ1) is 17.2. The topological polar surface area (TPSA) is 49.9 Å². The van der Waals surface area contributed by atoms with Crippen molar-refractivity contribution in [2.24, 2.45) is 0 Å². The number of H-pyrrole nitrogens is 1. The predicted octanol–water partition coefficient (Wildman–Crippen LogP) is 5.43. The molecule has 4 rings (SSSR count). The van der Waals surface area contributed by atoms with Crippen LogP contribution in [0.1, 0.15) is 48.0 Å². The molecule has 0 atom stereocenters. The third kappa shape index (κ3) is 2.47. The molecule has 0 saturated carbocycles. The molecule has 1 N–H and O–H groups in total. The summed E-state index contributed by atoms with van der Waals surface area (Å²) in [5.41, 5.74) is 5.15. The van der Waals surface area contributed by atoms with Gasteiger partial charge in [0, 0.05) is 38.7 Å². The van der Waals surface area contributed by atoms with Crippen molar-refractivity contribution in [2.45, 2.75) is 26.2 Å². The van der Waals surface area contributed by atoms with Crippen LogP contribution in [0.15, 0.2) is 52.1 Å². The minimum atomic E-state index is -0.426. The van der Waals surface area contributed by atoms with E-state index in [9.17, 15) is 9.59 Å². The second kappa shape index (κ2) is 5.91. The van der Waals surface area contributed by atoms with E-state index in [4.69, 9.17) is 0 Å². The van der Waals surface area contributed by atoms with Gasteiger partial charge in [-0.05, 0) is 34.2 Å². The second-order valence-electron chi connectivity index (χ2n) is 7.56. The summed E-state index contributed by atoms with van der Waals surface area (Å²) < 4.78 is 0.488. The number of benzene rings is 2. The van der Waals surface area contributed by atoms with E-state index in [-0.39, 0.29) is 5.41 Å². The maximum Gasteiger partial charge on any atom is 0.240 e. The molecule has 1 aromatic heterocycles. The van der Waals surface area contributed by atoms with E-state index in [1.54, 1.807) is 12.1 Å². The van der Waals surface area contributed by atoms with Crippen molar-refractivity contribution in [1.29, 1.82) is 0 Å². The van der Waals surface area contributed by atoms with E-state index in [1.807, 2.05) is 52.9 Å². The lowest BCUT2D eigenvalue weighted by atomic mass is 9.80. The summed E-state index contributed by atoms with van der Waals surface area (Å²) in [5, 5.41) is 1.07. The standard InChI is InChI=1S/C22H18INO2/c1-22(2,3)21-17(14-10-6-7-11-15(14)24-21)16-12-8-4-5-9-13(12)19(25)20(26)18(16)23/h4-11,24H,1-3H3. The normalized spacial score (nSPS) is 14.9. The van der Waals surface area contributed by atoms with Gasteiger partial charge in [-0.25, -0.2) is 0 Å². The largest absolute Gasteiger partial charge is 0.357 e. The first-order chi connectivity index (χ1) is 12.3. The van der Waals surface area contributed by atoms with Crippen molar-refractivity contribution in [2.75, 3.05) is 0 Å². The molecule has 0 radical (unpaired) electrons. The number of fused-ring (bicyclic) bond motifs is 2. The van der Waals surface area contributed by atoms with Crippen LogP contribution in [-0.4, -0.2) is 16.6 Å². The van der Waals surface area contributed by atoms with Gasteiger partial charge >= 0.3 is 0 Å². The average Bonchev–Trinajstić information content (AvgIpc) is 3.00. The van der Waals surface area contributed by atoms with Gasteiger partial charge in [0.25, 0.3) is 0 Å². The predicted molar refractivity (Wildman–Crippen MR) is 113 cm³/mol. The number of aromatic nitrogens is 1. The first-order valence-electron chi connectivity index (χ1n) is 8.50. The lowest BCUT2D eigenvalue weighted by molar-refractivity contribution is -0.111. The first-order valence-corrected chi connectivity index (χ1v) is 9.58. The Labute approximate surface area is 165 Å². The van der Waals surface area contributed by atoms with E-state index < -0.39 is 11.6 Å². The minimum Gasteiger partial charge on any atom is -0.357 e.